The fraction of sp³-hybridized carbons (Fsp3) is 0.417. The van der Waals surface area contributed by atoms with E-state index >= 15 is 0 Å². The lowest BCUT2D eigenvalue weighted by molar-refractivity contribution is -0.147. The van der Waals surface area contributed by atoms with Crippen LogP contribution in [0.2, 0.25) is 0 Å². The van der Waals surface area contributed by atoms with E-state index in [9.17, 15) is 4.79 Å². The van der Waals surface area contributed by atoms with Gasteiger partial charge in [0.2, 0.25) is 0 Å². The van der Waals surface area contributed by atoms with Gasteiger partial charge in [0.1, 0.15) is 10.9 Å². The average molecular weight is 350 g/mol. The molecule has 0 bridgehead atoms. The van der Waals surface area contributed by atoms with Crippen LogP contribution >= 0.6 is 31.9 Å². The van der Waals surface area contributed by atoms with Gasteiger partial charge in [-0.1, -0.05) is 62.2 Å². The van der Waals surface area contributed by atoms with Gasteiger partial charge in [0, 0.05) is 5.33 Å². The highest BCUT2D eigenvalue weighted by Crippen LogP contribution is 2.19. The van der Waals surface area contributed by atoms with Crippen LogP contribution in [0.1, 0.15) is 25.0 Å². The molecule has 0 amide bonds. The van der Waals surface area contributed by atoms with Crippen LogP contribution in [0.4, 0.5) is 0 Å². The van der Waals surface area contributed by atoms with Gasteiger partial charge < -0.3 is 4.74 Å². The minimum Gasteiger partial charge on any atom is -0.457 e. The van der Waals surface area contributed by atoms with E-state index in [1.807, 2.05) is 37.3 Å². The summed E-state index contributed by atoms with van der Waals surface area (Å²) in [6.45, 7) is 1.88. The van der Waals surface area contributed by atoms with E-state index < -0.39 is 0 Å². The second-order valence-corrected chi connectivity index (χ2v) is 5.33. The number of ether oxygens (including phenoxy) is 1. The van der Waals surface area contributed by atoms with Crippen LogP contribution in [0, 0.1) is 0 Å². The van der Waals surface area contributed by atoms with Gasteiger partial charge in [-0.05, 0) is 18.9 Å². The van der Waals surface area contributed by atoms with Crippen molar-refractivity contribution in [3.63, 3.8) is 0 Å². The van der Waals surface area contributed by atoms with Gasteiger partial charge in [-0.2, -0.15) is 0 Å². The molecule has 2 atom stereocenters. The predicted octanol–water partition coefficient (Wildman–Crippen LogP) is 3.84. The molecule has 0 heterocycles. The van der Waals surface area contributed by atoms with Crippen LogP contribution in [-0.4, -0.2) is 16.1 Å². The molecule has 0 radical (unpaired) electrons. The number of rotatable bonds is 5. The quantitative estimate of drug-likeness (QED) is 0.596. The fourth-order valence-electron chi connectivity index (χ4n) is 1.25. The Balaban J connectivity index is 2.51. The molecule has 1 rings (SSSR count). The van der Waals surface area contributed by atoms with Crippen molar-refractivity contribution in [1.82, 2.24) is 0 Å². The summed E-state index contributed by atoms with van der Waals surface area (Å²) in [5.41, 5.74) is 1.01. The Kier molecular flexibility index (Phi) is 6.06. The standard InChI is InChI=1S/C12H14Br2O2/c1-9(10-5-3-2-4-6-10)16-12(15)11(14)7-8-13/h2-6,9,11H,7-8H2,1H3. The van der Waals surface area contributed by atoms with E-state index in [-0.39, 0.29) is 16.9 Å². The van der Waals surface area contributed by atoms with E-state index in [0.29, 0.717) is 0 Å². The smallest absolute Gasteiger partial charge is 0.320 e. The highest BCUT2D eigenvalue weighted by atomic mass is 79.9. The highest BCUT2D eigenvalue weighted by molar-refractivity contribution is 9.10. The number of hydrogen-bond donors (Lipinski definition) is 0. The summed E-state index contributed by atoms with van der Waals surface area (Å²) in [4.78, 5) is 11.4. The van der Waals surface area contributed by atoms with Crippen LogP contribution in [-0.2, 0) is 9.53 Å². The topological polar surface area (TPSA) is 26.3 Å². The predicted molar refractivity (Wildman–Crippen MR) is 72.1 cm³/mol. The third-order valence-corrected chi connectivity index (χ3v) is 3.47. The van der Waals surface area contributed by atoms with Gasteiger partial charge in [-0.25, -0.2) is 0 Å². The number of carbonyl (C=O) groups is 1. The summed E-state index contributed by atoms with van der Waals surface area (Å²) in [6.07, 6.45) is 0.518. The minimum atomic E-state index is -0.238. The van der Waals surface area contributed by atoms with E-state index in [4.69, 9.17) is 4.74 Å². The first kappa shape index (κ1) is 13.7. The molecule has 0 saturated carbocycles. The monoisotopic (exact) mass is 348 g/mol. The van der Waals surface area contributed by atoms with Crippen molar-refractivity contribution < 1.29 is 9.53 Å². The van der Waals surface area contributed by atoms with Gasteiger partial charge in [-0.3, -0.25) is 4.79 Å². The van der Waals surface area contributed by atoms with Crippen LogP contribution < -0.4 is 0 Å². The average Bonchev–Trinajstić information content (AvgIpc) is 2.30. The van der Waals surface area contributed by atoms with Crippen molar-refractivity contribution in [2.24, 2.45) is 0 Å². The first-order valence-electron chi connectivity index (χ1n) is 5.10. The molecule has 2 nitrogen and oxygen atoms in total. The van der Waals surface area contributed by atoms with Crippen molar-refractivity contribution in [1.29, 1.82) is 0 Å². The second kappa shape index (κ2) is 7.07. The Bertz CT molecular complexity index is 327. The number of esters is 1. The maximum absolute atomic E-state index is 11.6. The summed E-state index contributed by atoms with van der Waals surface area (Å²) < 4.78 is 5.34. The molecule has 0 aromatic heterocycles. The van der Waals surface area contributed by atoms with E-state index in [1.165, 1.54) is 0 Å². The molecule has 0 spiro atoms. The lowest BCUT2D eigenvalue weighted by Crippen LogP contribution is -2.19. The largest absolute Gasteiger partial charge is 0.457 e. The van der Waals surface area contributed by atoms with Gasteiger partial charge in [0.15, 0.2) is 0 Å². The summed E-state index contributed by atoms with van der Waals surface area (Å²) in [5.74, 6) is -0.212. The Labute approximate surface area is 113 Å². The van der Waals surface area contributed by atoms with Crippen LogP contribution in [0.5, 0.6) is 0 Å². The van der Waals surface area contributed by atoms with Crippen LogP contribution in [0.3, 0.4) is 0 Å². The fourth-order valence-corrected chi connectivity index (χ4v) is 2.66. The minimum absolute atomic E-state index is 0.205. The molecule has 0 aliphatic rings. The maximum atomic E-state index is 11.6. The highest BCUT2D eigenvalue weighted by Gasteiger charge is 2.18. The summed E-state index contributed by atoms with van der Waals surface area (Å²) in [5, 5.41) is 0.776. The van der Waals surface area contributed by atoms with Crippen molar-refractivity contribution >= 4 is 37.8 Å². The van der Waals surface area contributed by atoms with Crippen molar-refractivity contribution in [2.45, 2.75) is 24.3 Å². The Hall–Kier alpha value is -0.350. The Morgan fingerprint density at radius 3 is 2.56 bits per heavy atom. The van der Waals surface area contributed by atoms with Crippen molar-refractivity contribution in [3.05, 3.63) is 35.9 Å². The summed E-state index contributed by atoms with van der Waals surface area (Å²) in [7, 11) is 0. The molecule has 0 aliphatic heterocycles. The molecule has 0 aliphatic carbocycles. The molecule has 1 aromatic rings. The maximum Gasteiger partial charge on any atom is 0.320 e. The molecule has 4 heteroatoms. The lowest BCUT2D eigenvalue weighted by atomic mass is 10.1. The molecule has 16 heavy (non-hydrogen) atoms. The van der Waals surface area contributed by atoms with Gasteiger partial charge in [0.05, 0.1) is 0 Å². The zero-order chi connectivity index (χ0) is 12.0. The van der Waals surface area contributed by atoms with Crippen molar-refractivity contribution in [3.8, 4) is 0 Å². The molecule has 2 unspecified atom stereocenters. The number of alkyl halides is 2. The third kappa shape index (κ3) is 4.26. The zero-order valence-corrected chi connectivity index (χ0v) is 12.2. The van der Waals surface area contributed by atoms with Gasteiger partial charge in [0.25, 0.3) is 0 Å². The summed E-state index contributed by atoms with van der Waals surface area (Å²) >= 11 is 6.59. The van der Waals surface area contributed by atoms with Gasteiger partial charge >= 0.3 is 5.97 Å². The van der Waals surface area contributed by atoms with Gasteiger partial charge in [-0.15, -0.1) is 0 Å². The number of benzene rings is 1. The summed E-state index contributed by atoms with van der Waals surface area (Å²) in [6, 6.07) is 9.71. The van der Waals surface area contributed by atoms with E-state index in [0.717, 1.165) is 17.3 Å². The Morgan fingerprint density at radius 2 is 2.00 bits per heavy atom. The van der Waals surface area contributed by atoms with E-state index in [1.54, 1.807) is 0 Å². The Morgan fingerprint density at radius 1 is 1.38 bits per heavy atom. The molecule has 0 fully saturated rings. The normalized spacial score (nSPS) is 14.2. The number of carbonyl (C=O) groups excluding carboxylic acids is 1. The SMILES string of the molecule is CC(OC(=O)C(Br)CCBr)c1ccccc1. The first-order chi connectivity index (χ1) is 7.65. The molecular formula is C12H14Br2O2. The molecular weight excluding hydrogens is 336 g/mol. The number of hydrogen-bond acceptors (Lipinski definition) is 2. The van der Waals surface area contributed by atoms with Crippen LogP contribution in [0.15, 0.2) is 30.3 Å². The third-order valence-electron chi connectivity index (χ3n) is 2.18. The molecule has 0 N–H and O–H groups in total. The second-order valence-electron chi connectivity index (χ2n) is 3.43. The van der Waals surface area contributed by atoms with Crippen molar-refractivity contribution in [2.75, 3.05) is 5.33 Å². The first-order valence-corrected chi connectivity index (χ1v) is 7.14. The molecule has 88 valence electrons. The van der Waals surface area contributed by atoms with E-state index in [2.05, 4.69) is 31.9 Å². The van der Waals surface area contributed by atoms with Crippen LogP contribution in [0.25, 0.3) is 0 Å². The molecule has 0 saturated heterocycles. The zero-order valence-electron chi connectivity index (χ0n) is 9.03. The lowest BCUT2D eigenvalue weighted by Gasteiger charge is -2.15. The number of halogens is 2. The molecule has 1 aromatic carbocycles.